The van der Waals surface area contributed by atoms with Gasteiger partial charge in [0.2, 0.25) is 11.8 Å². The van der Waals surface area contributed by atoms with Gasteiger partial charge >= 0.3 is 0 Å². The van der Waals surface area contributed by atoms with Gasteiger partial charge in [-0.25, -0.2) is 0 Å². The molecule has 0 spiro atoms. The zero-order valence-electron chi connectivity index (χ0n) is 17.5. The first-order valence-corrected chi connectivity index (χ1v) is 11.7. The number of nitrogens with zero attached hydrogens (tertiary/aromatic N) is 3. The van der Waals surface area contributed by atoms with Crippen molar-refractivity contribution in [2.75, 3.05) is 39.3 Å². The van der Waals surface area contributed by atoms with Crippen LogP contribution in [0, 0.1) is 0 Å². The van der Waals surface area contributed by atoms with Crippen LogP contribution in [0.4, 0.5) is 0 Å². The molecule has 0 saturated carbocycles. The fourth-order valence-corrected chi connectivity index (χ4v) is 4.88. The molecule has 3 amide bonds. The molecule has 0 aliphatic carbocycles. The maximum absolute atomic E-state index is 13.1. The average molecular weight is 441 g/mol. The number of rotatable bonds is 6. The Labute approximate surface area is 186 Å². The van der Waals surface area contributed by atoms with Crippen LogP contribution in [0.5, 0.6) is 0 Å². The number of likely N-dealkylation sites (tertiary alicyclic amines) is 1. The summed E-state index contributed by atoms with van der Waals surface area (Å²) >= 11 is 1.41. The molecule has 2 aliphatic heterocycles. The number of piperazine rings is 1. The van der Waals surface area contributed by atoms with E-state index >= 15 is 0 Å². The van der Waals surface area contributed by atoms with Gasteiger partial charge in [-0.15, -0.1) is 11.3 Å². The van der Waals surface area contributed by atoms with Crippen LogP contribution < -0.4 is 5.32 Å². The highest BCUT2D eigenvalue weighted by atomic mass is 32.1. The van der Waals surface area contributed by atoms with Crippen molar-refractivity contribution in [1.29, 1.82) is 0 Å². The molecule has 8 heteroatoms. The average Bonchev–Trinajstić information content (AvgIpc) is 3.50. The molecule has 1 aromatic heterocycles. The zero-order chi connectivity index (χ0) is 21.6. The Morgan fingerprint density at radius 3 is 2.45 bits per heavy atom. The lowest BCUT2D eigenvalue weighted by molar-refractivity contribution is -0.137. The van der Waals surface area contributed by atoms with E-state index in [1.54, 1.807) is 4.90 Å². The van der Waals surface area contributed by atoms with Crippen molar-refractivity contribution >= 4 is 29.1 Å². The Kier molecular flexibility index (Phi) is 6.99. The predicted octanol–water partition coefficient (Wildman–Crippen LogP) is 1.81. The van der Waals surface area contributed by atoms with E-state index in [4.69, 9.17) is 0 Å². The van der Waals surface area contributed by atoms with Crippen molar-refractivity contribution < 1.29 is 14.4 Å². The zero-order valence-corrected chi connectivity index (χ0v) is 18.4. The van der Waals surface area contributed by atoms with Gasteiger partial charge in [0, 0.05) is 39.3 Å². The van der Waals surface area contributed by atoms with Crippen LogP contribution in [0.15, 0.2) is 47.8 Å². The minimum Gasteiger partial charge on any atom is -0.351 e. The van der Waals surface area contributed by atoms with E-state index in [-0.39, 0.29) is 23.8 Å². The maximum atomic E-state index is 13.1. The Balaban J connectivity index is 1.24. The maximum Gasteiger partial charge on any atom is 0.264 e. The van der Waals surface area contributed by atoms with Crippen LogP contribution in [0.25, 0.3) is 0 Å². The van der Waals surface area contributed by atoms with Gasteiger partial charge in [0.15, 0.2) is 0 Å². The molecule has 164 valence electrons. The van der Waals surface area contributed by atoms with Crippen LogP contribution in [-0.4, -0.2) is 77.7 Å². The number of thiophene rings is 1. The summed E-state index contributed by atoms with van der Waals surface area (Å²) in [7, 11) is 0. The van der Waals surface area contributed by atoms with Crippen molar-refractivity contribution in [3.8, 4) is 0 Å². The summed E-state index contributed by atoms with van der Waals surface area (Å²) in [5.41, 5.74) is 1.07. The molecule has 0 bridgehead atoms. The summed E-state index contributed by atoms with van der Waals surface area (Å²) in [4.78, 5) is 44.5. The summed E-state index contributed by atoms with van der Waals surface area (Å²) in [6.45, 7) is 3.99. The van der Waals surface area contributed by atoms with Crippen molar-refractivity contribution in [1.82, 2.24) is 20.0 Å². The molecule has 2 fully saturated rings. The molecule has 3 heterocycles. The number of hydrogen-bond acceptors (Lipinski definition) is 5. The lowest BCUT2D eigenvalue weighted by Crippen LogP contribution is -2.55. The Bertz CT molecular complexity index is 895. The molecule has 2 aliphatic rings. The summed E-state index contributed by atoms with van der Waals surface area (Å²) < 4.78 is 0. The third-order valence-corrected chi connectivity index (χ3v) is 6.77. The number of hydrogen-bond donors (Lipinski definition) is 1. The third kappa shape index (κ3) is 5.32. The summed E-state index contributed by atoms with van der Waals surface area (Å²) in [5.74, 6) is -0.0118. The van der Waals surface area contributed by atoms with Gasteiger partial charge in [0.1, 0.15) is 6.04 Å². The molecule has 7 nitrogen and oxygen atoms in total. The van der Waals surface area contributed by atoms with E-state index in [1.807, 2.05) is 52.7 Å². The van der Waals surface area contributed by atoms with E-state index in [0.717, 1.165) is 18.4 Å². The molecule has 2 aromatic rings. The van der Waals surface area contributed by atoms with Gasteiger partial charge in [-0.2, -0.15) is 0 Å². The highest BCUT2D eigenvalue weighted by molar-refractivity contribution is 7.12. The van der Waals surface area contributed by atoms with Gasteiger partial charge < -0.3 is 15.1 Å². The van der Waals surface area contributed by atoms with Crippen LogP contribution in [0.3, 0.4) is 0 Å². The highest BCUT2D eigenvalue weighted by Crippen LogP contribution is 2.24. The van der Waals surface area contributed by atoms with Crippen LogP contribution in [-0.2, 0) is 16.1 Å². The smallest absolute Gasteiger partial charge is 0.264 e. The summed E-state index contributed by atoms with van der Waals surface area (Å²) in [6.07, 6.45) is 1.58. The number of benzene rings is 1. The molecule has 2 saturated heterocycles. The molecule has 31 heavy (non-hydrogen) atoms. The molecule has 4 rings (SSSR count). The first kappa shape index (κ1) is 21.5. The highest BCUT2D eigenvalue weighted by Gasteiger charge is 2.38. The van der Waals surface area contributed by atoms with Gasteiger partial charge in [-0.3, -0.25) is 19.3 Å². The van der Waals surface area contributed by atoms with Crippen LogP contribution >= 0.6 is 11.3 Å². The van der Waals surface area contributed by atoms with Crippen molar-refractivity contribution in [2.45, 2.75) is 25.4 Å². The van der Waals surface area contributed by atoms with E-state index in [1.165, 1.54) is 11.3 Å². The quantitative estimate of drug-likeness (QED) is 0.744. The van der Waals surface area contributed by atoms with Gasteiger partial charge in [-0.05, 0) is 29.9 Å². The lowest BCUT2D eigenvalue weighted by Gasteiger charge is -2.37. The topological polar surface area (TPSA) is 73.0 Å². The van der Waals surface area contributed by atoms with Crippen molar-refractivity contribution in [3.05, 3.63) is 58.3 Å². The van der Waals surface area contributed by atoms with Gasteiger partial charge in [0.05, 0.1) is 11.4 Å². The Morgan fingerprint density at radius 2 is 1.74 bits per heavy atom. The normalized spacial score (nSPS) is 19.4. The predicted molar refractivity (Wildman–Crippen MR) is 120 cm³/mol. The summed E-state index contributed by atoms with van der Waals surface area (Å²) in [5, 5.41) is 4.84. The Morgan fingerprint density at radius 1 is 0.968 bits per heavy atom. The third-order valence-electron chi connectivity index (χ3n) is 5.91. The standard InChI is InChI=1S/C23H28N4O3S/c28-21(24-16-18-6-2-1-3-7-18)17-25-11-13-26(14-12-25)22(29)19-8-4-10-27(19)23(30)20-9-5-15-31-20/h1-3,5-7,9,15,19H,4,8,10-14,16-17H2,(H,24,28)/t19-/m0/s1. The lowest BCUT2D eigenvalue weighted by atomic mass is 10.1. The van der Waals surface area contributed by atoms with Gasteiger partial charge in [0.25, 0.3) is 5.91 Å². The molecular formula is C23H28N4O3S. The first-order chi connectivity index (χ1) is 15.1. The second kappa shape index (κ2) is 10.1. The molecular weight excluding hydrogens is 412 g/mol. The van der Waals surface area contributed by atoms with E-state index in [9.17, 15) is 14.4 Å². The van der Waals surface area contributed by atoms with Gasteiger partial charge in [-0.1, -0.05) is 36.4 Å². The van der Waals surface area contributed by atoms with Crippen molar-refractivity contribution in [3.63, 3.8) is 0 Å². The van der Waals surface area contributed by atoms with E-state index in [2.05, 4.69) is 10.2 Å². The number of carbonyl (C=O) groups excluding carboxylic acids is 3. The summed E-state index contributed by atoms with van der Waals surface area (Å²) in [6, 6.07) is 13.1. The molecule has 1 aromatic carbocycles. The second-order valence-corrected chi connectivity index (χ2v) is 8.95. The van der Waals surface area contributed by atoms with Crippen molar-refractivity contribution in [2.24, 2.45) is 0 Å². The molecule has 0 unspecified atom stereocenters. The minimum atomic E-state index is -0.365. The van der Waals surface area contributed by atoms with Crippen LogP contribution in [0.2, 0.25) is 0 Å². The fourth-order valence-electron chi connectivity index (χ4n) is 4.20. The van der Waals surface area contributed by atoms with Crippen LogP contribution in [0.1, 0.15) is 28.1 Å². The number of amides is 3. The minimum absolute atomic E-state index is 0.00728. The van der Waals surface area contributed by atoms with E-state index < -0.39 is 0 Å². The number of carbonyl (C=O) groups is 3. The molecule has 1 N–H and O–H groups in total. The monoisotopic (exact) mass is 440 g/mol. The Hall–Kier alpha value is -2.71. The fraction of sp³-hybridized carbons (Fsp3) is 0.435. The molecule has 0 radical (unpaired) electrons. The second-order valence-electron chi connectivity index (χ2n) is 8.00. The first-order valence-electron chi connectivity index (χ1n) is 10.8. The number of nitrogens with one attached hydrogen (secondary N) is 1. The molecule has 1 atom stereocenters. The van der Waals surface area contributed by atoms with E-state index in [0.29, 0.717) is 50.7 Å². The largest absolute Gasteiger partial charge is 0.351 e. The SMILES string of the molecule is O=C(CN1CCN(C(=O)[C@@H]2CCCN2C(=O)c2cccs2)CC1)NCc1ccccc1.